The number of benzene rings is 1. The van der Waals surface area contributed by atoms with Crippen molar-refractivity contribution in [1.82, 2.24) is 15.5 Å². The maximum absolute atomic E-state index is 12.2. The molecule has 0 radical (unpaired) electrons. The lowest BCUT2D eigenvalue weighted by atomic mass is 10.2. The van der Waals surface area contributed by atoms with Gasteiger partial charge < -0.3 is 20.3 Å². The average molecular weight is 367 g/mol. The Morgan fingerprint density at radius 3 is 2.68 bits per heavy atom. The van der Waals surface area contributed by atoms with E-state index in [0.717, 1.165) is 38.5 Å². The monoisotopic (exact) mass is 366 g/mol. The van der Waals surface area contributed by atoms with E-state index in [-0.39, 0.29) is 18.0 Å². The first-order chi connectivity index (χ1) is 12.1. The number of hydrogen-bond donors (Lipinski definition) is 2. The minimum Gasteiger partial charge on any atom is -0.379 e. The molecular weight excluding hydrogens is 344 g/mol. The van der Waals surface area contributed by atoms with Crippen molar-refractivity contribution < 1.29 is 14.3 Å². The molecule has 0 bridgehead atoms. The van der Waals surface area contributed by atoms with Crippen LogP contribution in [0.5, 0.6) is 0 Å². The largest absolute Gasteiger partial charge is 0.379 e. The lowest BCUT2D eigenvalue weighted by Gasteiger charge is -2.26. The summed E-state index contributed by atoms with van der Waals surface area (Å²) >= 11 is 5.88. The van der Waals surface area contributed by atoms with Crippen molar-refractivity contribution >= 4 is 29.2 Å². The van der Waals surface area contributed by atoms with Gasteiger partial charge in [0.25, 0.3) is 0 Å². The quantitative estimate of drug-likeness (QED) is 0.817. The van der Waals surface area contributed by atoms with E-state index in [1.807, 2.05) is 12.1 Å². The minimum absolute atomic E-state index is 0.000870. The molecule has 8 heteroatoms. The predicted molar refractivity (Wildman–Crippen MR) is 96.0 cm³/mol. The Morgan fingerprint density at radius 2 is 1.96 bits per heavy atom. The van der Waals surface area contributed by atoms with Crippen LogP contribution < -0.4 is 15.5 Å². The summed E-state index contributed by atoms with van der Waals surface area (Å²) in [4.78, 5) is 28.1. The molecule has 0 saturated carbocycles. The number of ether oxygens (including phenoxy) is 1. The average Bonchev–Trinajstić information content (AvgIpc) is 2.96. The normalized spacial score (nSPS) is 21.4. The first-order valence-corrected chi connectivity index (χ1v) is 8.90. The van der Waals surface area contributed by atoms with Gasteiger partial charge in [-0.15, -0.1) is 0 Å². The molecule has 25 heavy (non-hydrogen) atoms. The van der Waals surface area contributed by atoms with Crippen LogP contribution in [0.2, 0.25) is 5.02 Å². The number of nitrogens with zero attached hydrogens (tertiary/aromatic N) is 2. The van der Waals surface area contributed by atoms with E-state index in [4.69, 9.17) is 16.3 Å². The number of rotatable bonds is 5. The topological polar surface area (TPSA) is 73.9 Å². The summed E-state index contributed by atoms with van der Waals surface area (Å²) in [6, 6.07) is 6.71. The summed E-state index contributed by atoms with van der Waals surface area (Å²) in [5, 5.41) is 6.36. The summed E-state index contributed by atoms with van der Waals surface area (Å²) in [6.45, 7) is 5.14. The Labute approximate surface area is 152 Å². The van der Waals surface area contributed by atoms with Gasteiger partial charge in [0, 0.05) is 49.9 Å². The van der Waals surface area contributed by atoms with E-state index in [0.29, 0.717) is 24.5 Å². The smallest absolute Gasteiger partial charge is 0.315 e. The van der Waals surface area contributed by atoms with Crippen molar-refractivity contribution in [3.63, 3.8) is 0 Å². The van der Waals surface area contributed by atoms with Crippen molar-refractivity contribution in [1.29, 1.82) is 0 Å². The van der Waals surface area contributed by atoms with Gasteiger partial charge in [0.2, 0.25) is 5.91 Å². The molecular formula is C17H23ClN4O3. The highest BCUT2D eigenvalue weighted by atomic mass is 35.5. The molecule has 0 aliphatic carbocycles. The van der Waals surface area contributed by atoms with Gasteiger partial charge in [-0.05, 0) is 24.3 Å². The zero-order valence-electron chi connectivity index (χ0n) is 14.0. The van der Waals surface area contributed by atoms with E-state index < -0.39 is 0 Å². The lowest BCUT2D eigenvalue weighted by Crippen LogP contribution is -2.46. The summed E-state index contributed by atoms with van der Waals surface area (Å²) in [6.07, 6.45) is 0.305. The van der Waals surface area contributed by atoms with Crippen molar-refractivity contribution in [2.45, 2.75) is 12.5 Å². The number of halogens is 1. The molecule has 2 aliphatic rings. The van der Waals surface area contributed by atoms with E-state index in [1.54, 1.807) is 17.0 Å². The second-order valence-corrected chi connectivity index (χ2v) is 6.67. The van der Waals surface area contributed by atoms with Gasteiger partial charge in [-0.1, -0.05) is 11.6 Å². The summed E-state index contributed by atoms with van der Waals surface area (Å²) in [5.74, 6) is 0.000870. The molecule has 3 rings (SSSR count). The predicted octanol–water partition coefficient (Wildman–Crippen LogP) is 1.08. The SMILES string of the molecule is O=C(NCCN1CCOCC1)NC1CC(=O)N(c2ccc(Cl)cc2)C1. The Bertz CT molecular complexity index is 604. The highest BCUT2D eigenvalue weighted by Gasteiger charge is 2.31. The molecule has 1 aromatic rings. The second kappa shape index (κ2) is 8.51. The van der Waals surface area contributed by atoms with Gasteiger partial charge >= 0.3 is 6.03 Å². The Kier molecular flexibility index (Phi) is 6.12. The molecule has 0 aromatic heterocycles. The zero-order valence-corrected chi connectivity index (χ0v) is 14.8. The van der Waals surface area contributed by atoms with Gasteiger partial charge in [0.15, 0.2) is 0 Å². The molecule has 2 heterocycles. The molecule has 2 saturated heterocycles. The standard InChI is InChI=1S/C17H23ClN4O3/c18-13-1-3-15(4-2-13)22-12-14(11-16(22)23)20-17(24)19-5-6-21-7-9-25-10-8-21/h1-4,14H,5-12H2,(H2,19,20,24). The molecule has 7 nitrogen and oxygen atoms in total. The number of hydrogen-bond acceptors (Lipinski definition) is 4. The van der Waals surface area contributed by atoms with Crippen LogP contribution in [0, 0.1) is 0 Å². The maximum atomic E-state index is 12.2. The Balaban J connectivity index is 1.41. The number of carbonyl (C=O) groups excluding carboxylic acids is 2. The fraction of sp³-hybridized carbons (Fsp3) is 0.529. The van der Waals surface area contributed by atoms with E-state index in [1.165, 1.54) is 0 Å². The van der Waals surface area contributed by atoms with Gasteiger partial charge in [0.05, 0.1) is 19.3 Å². The highest BCUT2D eigenvalue weighted by Crippen LogP contribution is 2.23. The molecule has 136 valence electrons. The number of morpholine rings is 1. The van der Waals surface area contributed by atoms with Crippen LogP contribution in [-0.2, 0) is 9.53 Å². The van der Waals surface area contributed by atoms with Crippen LogP contribution >= 0.6 is 11.6 Å². The molecule has 3 amide bonds. The van der Waals surface area contributed by atoms with Crippen LogP contribution in [0.1, 0.15) is 6.42 Å². The van der Waals surface area contributed by atoms with E-state index in [2.05, 4.69) is 15.5 Å². The summed E-state index contributed by atoms with van der Waals surface area (Å²) in [7, 11) is 0. The summed E-state index contributed by atoms with van der Waals surface area (Å²) in [5.41, 5.74) is 0.798. The van der Waals surface area contributed by atoms with Gasteiger partial charge in [-0.25, -0.2) is 4.79 Å². The molecule has 2 N–H and O–H groups in total. The Hall–Kier alpha value is -1.83. The third-order valence-corrected chi connectivity index (χ3v) is 4.67. The molecule has 2 aliphatic heterocycles. The minimum atomic E-state index is -0.232. The number of anilines is 1. The number of urea groups is 1. The fourth-order valence-electron chi connectivity index (χ4n) is 3.06. The molecule has 1 aromatic carbocycles. The third kappa shape index (κ3) is 5.07. The van der Waals surface area contributed by atoms with E-state index >= 15 is 0 Å². The van der Waals surface area contributed by atoms with Crippen LogP contribution in [0.3, 0.4) is 0 Å². The van der Waals surface area contributed by atoms with Crippen molar-refractivity contribution in [3.8, 4) is 0 Å². The highest BCUT2D eigenvalue weighted by molar-refractivity contribution is 6.30. The van der Waals surface area contributed by atoms with Crippen LogP contribution in [0.15, 0.2) is 24.3 Å². The van der Waals surface area contributed by atoms with Gasteiger partial charge in [-0.2, -0.15) is 0 Å². The van der Waals surface area contributed by atoms with Gasteiger partial charge in [-0.3, -0.25) is 9.69 Å². The lowest BCUT2D eigenvalue weighted by molar-refractivity contribution is -0.117. The molecule has 2 fully saturated rings. The zero-order chi connectivity index (χ0) is 17.6. The fourth-order valence-corrected chi connectivity index (χ4v) is 3.19. The molecule has 1 atom stereocenters. The molecule has 1 unspecified atom stereocenters. The summed E-state index contributed by atoms with van der Waals surface area (Å²) < 4.78 is 5.29. The molecule has 0 spiro atoms. The first kappa shape index (κ1) is 18.0. The van der Waals surface area contributed by atoms with Crippen LogP contribution in [0.4, 0.5) is 10.5 Å². The maximum Gasteiger partial charge on any atom is 0.315 e. The van der Waals surface area contributed by atoms with Crippen molar-refractivity contribution in [2.75, 3.05) is 50.8 Å². The number of carbonyl (C=O) groups is 2. The third-order valence-electron chi connectivity index (χ3n) is 4.42. The first-order valence-electron chi connectivity index (χ1n) is 8.52. The van der Waals surface area contributed by atoms with Crippen LogP contribution in [-0.4, -0.2) is 68.8 Å². The van der Waals surface area contributed by atoms with E-state index in [9.17, 15) is 9.59 Å². The Morgan fingerprint density at radius 1 is 1.24 bits per heavy atom. The number of nitrogens with one attached hydrogen (secondary N) is 2. The number of amides is 3. The van der Waals surface area contributed by atoms with Crippen molar-refractivity contribution in [3.05, 3.63) is 29.3 Å². The van der Waals surface area contributed by atoms with Crippen molar-refractivity contribution in [2.24, 2.45) is 0 Å². The van der Waals surface area contributed by atoms with Crippen LogP contribution in [0.25, 0.3) is 0 Å². The van der Waals surface area contributed by atoms with Gasteiger partial charge in [0.1, 0.15) is 0 Å². The second-order valence-electron chi connectivity index (χ2n) is 6.24.